The van der Waals surface area contributed by atoms with E-state index in [-0.39, 0.29) is 11.6 Å². The van der Waals surface area contributed by atoms with E-state index < -0.39 is 0 Å². The Morgan fingerprint density at radius 3 is 2.70 bits per heavy atom. The van der Waals surface area contributed by atoms with Gasteiger partial charge < -0.3 is 10.2 Å². The number of rotatable bonds is 4. The summed E-state index contributed by atoms with van der Waals surface area (Å²) < 4.78 is 0. The lowest BCUT2D eigenvalue weighted by Crippen LogP contribution is -2.43. The highest BCUT2D eigenvalue weighted by atomic mass is 32.2. The largest absolute Gasteiger partial charge is 0.377 e. The number of para-hydroxylation sites is 1. The maximum absolute atomic E-state index is 11.5. The molecule has 0 radical (unpaired) electrons. The Labute approximate surface area is 124 Å². The average molecular weight is 291 g/mol. The van der Waals surface area contributed by atoms with Crippen LogP contribution in [0.5, 0.6) is 0 Å². The first-order valence-corrected chi connectivity index (χ1v) is 7.74. The number of nitrogens with one attached hydrogen (secondary N) is 1. The van der Waals surface area contributed by atoms with E-state index in [0.29, 0.717) is 0 Å². The molecule has 1 heterocycles. The van der Waals surface area contributed by atoms with Crippen molar-refractivity contribution in [2.24, 2.45) is 4.99 Å². The van der Waals surface area contributed by atoms with E-state index in [2.05, 4.69) is 34.3 Å². The lowest BCUT2D eigenvalue weighted by atomic mass is 10.0. The summed E-state index contributed by atoms with van der Waals surface area (Å²) in [6.07, 6.45) is 0.847. The number of amides is 2. The molecule has 0 aromatic heterocycles. The second kappa shape index (κ2) is 5.87. The van der Waals surface area contributed by atoms with Gasteiger partial charge in [-0.2, -0.15) is 4.99 Å². The number of carbonyl (C=O) groups is 1. The number of nitrogens with zero attached hydrogens (tertiary/aromatic N) is 2. The SMILES string of the molecule is CCC1(C)NC(=O)N=C1SCc1ccccc1N(C)C. The van der Waals surface area contributed by atoms with Crippen LogP contribution in [-0.4, -0.2) is 30.7 Å². The van der Waals surface area contributed by atoms with Crippen molar-refractivity contribution in [3.63, 3.8) is 0 Å². The third kappa shape index (κ3) is 2.98. The number of hydrogen-bond donors (Lipinski definition) is 1. The Morgan fingerprint density at radius 1 is 1.35 bits per heavy atom. The molecule has 0 saturated carbocycles. The zero-order valence-electron chi connectivity index (χ0n) is 12.4. The van der Waals surface area contributed by atoms with Crippen molar-refractivity contribution in [2.75, 3.05) is 19.0 Å². The van der Waals surface area contributed by atoms with Crippen LogP contribution in [0.4, 0.5) is 10.5 Å². The fourth-order valence-electron chi connectivity index (χ4n) is 2.18. The van der Waals surface area contributed by atoms with E-state index in [0.717, 1.165) is 17.2 Å². The van der Waals surface area contributed by atoms with Gasteiger partial charge in [-0.3, -0.25) is 0 Å². The van der Waals surface area contributed by atoms with E-state index in [1.165, 1.54) is 11.3 Å². The second-order valence-corrected chi connectivity index (χ2v) is 6.31. The molecule has 1 aliphatic heterocycles. The molecule has 1 aromatic rings. The number of hydrogen-bond acceptors (Lipinski definition) is 3. The van der Waals surface area contributed by atoms with Gasteiger partial charge >= 0.3 is 6.03 Å². The predicted octanol–water partition coefficient (Wildman–Crippen LogP) is 3.28. The maximum Gasteiger partial charge on any atom is 0.342 e. The smallest absolute Gasteiger partial charge is 0.342 e. The van der Waals surface area contributed by atoms with Crippen molar-refractivity contribution < 1.29 is 4.79 Å². The Bertz CT molecular complexity index is 542. The first-order valence-electron chi connectivity index (χ1n) is 6.75. The molecule has 0 fully saturated rings. The number of thioether (sulfide) groups is 1. The molecule has 1 N–H and O–H groups in total. The number of anilines is 1. The molecular formula is C15H21N3OS. The molecular weight excluding hydrogens is 270 g/mol. The Balaban J connectivity index is 2.13. The van der Waals surface area contributed by atoms with Crippen LogP contribution >= 0.6 is 11.8 Å². The minimum Gasteiger partial charge on any atom is -0.377 e. The van der Waals surface area contributed by atoms with Crippen LogP contribution in [-0.2, 0) is 5.75 Å². The number of aliphatic imine (C=N–C) groups is 1. The highest BCUT2D eigenvalue weighted by Gasteiger charge is 2.36. The lowest BCUT2D eigenvalue weighted by molar-refractivity contribution is 0.246. The van der Waals surface area contributed by atoms with E-state index >= 15 is 0 Å². The molecule has 2 amide bonds. The van der Waals surface area contributed by atoms with Gasteiger partial charge in [0.25, 0.3) is 0 Å². The molecule has 0 saturated heterocycles. The van der Waals surface area contributed by atoms with Gasteiger partial charge in [-0.15, -0.1) is 11.8 Å². The van der Waals surface area contributed by atoms with E-state index in [4.69, 9.17) is 0 Å². The average Bonchev–Trinajstić information content (AvgIpc) is 2.72. The molecule has 20 heavy (non-hydrogen) atoms. The Hall–Kier alpha value is -1.49. The van der Waals surface area contributed by atoms with Gasteiger partial charge in [-0.1, -0.05) is 25.1 Å². The summed E-state index contributed by atoms with van der Waals surface area (Å²) in [5.41, 5.74) is 2.15. The summed E-state index contributed by atoms with van der Waals surface area (Å²) in [6, 6.07) is 8.09. The molecule has 5 heteroatoms. The third-order valence-corrected chi connectivity index (χ3v) is 4.87. The molecule has 1 aromatic carbocycles. The van der Waals surface area contributed by atoms with Crippen LogP contribution in [0.3, 0.4) is 0 Å². The van der Waals surface area contributed by atoms with Crippen LogP contribution in [0.2, 0.25) is 0 Å². The monoisotopic (exact) mass is 291 g/mol. The van der Waals surface area contributed by atoms with Crippen molar-refractivity contribution in [1.82, 2.24) is 5.32 Å². The molecule has 2 rings (SSSR count). The van der Waals surface area contributed by atoms with Crippen LogP contribution in [0.1, 0.15) is 25.8 Å². The maximum atomic E-state index is 11.5. The predicted molar refractivity (Wildman–Crippen MR) is 86.7 cm³/mol. The van der Waals surface area contributed by atoms with Crippen molar-refractivity contribution >= 4 is 28.5 Å². The third-order valence-electron chi connectivity index (χ3n) is 3.60. The molecule has 0 aliphatic carbocycles. The first kappa shape index (κ1) is 14.9. The van der Waals surface area contributed by atoms with Crippen molar-refractivity contribution in [3.8, 4) is 0 Å². The summed E-state index contributed by atoms with van der Waals surface area (Å²) in [4.78, 5) is 17.7. The molecule has 1 unspecified atom stereocenters. The Morgan fingerprint density at radius 2 is 2.05 bits per heavy atom. The molecule has 4 nitrogen and oxygen atoms in total. The van der Waals surface area contributed by atoms with Gasteiger partial charge in [0.05, 0.1) is 5.54 Å². The van der Waals surface area contributed by atoms with Gasteiger partial charge in [-0.25, -0.2) is 4.79 Å². The summed E-state index contributed by atoms with van der Waals surface area (Å²) in [5.74, 6) is 0.817. The zero-order chi connectivity index (χ0) is 14.8. The normalized spacial score (nSPS) is 21.6. The minimum atomic E-state index is -0.311. The van der Waals surface area contributed by atoms with Gasteiger partial charge in [0, 0.05) is 25.5 Å². The number of urea groups is 1. The van der Waals surface area contributed by atoms with Gasteiger partial charge in [-0.05, 0) is 25.0 Å². The number of benzene rings is 1. The summed E-state index contributed by atoms with van der Waals surface area (Å²) in [7, 11) is 4.08. The fraction of sp³-hybridized carbons (Fsp3) is 0.467. The van der Waals surface area contributed by atoms with Crippen LogP contribution in [0, 0.1) is 0 Å². The molecule has 108 valence electrons. The first-order chi connectivity index (χ1) is 9.46. The molecule has 0 bridgehead atoms. The van der Waals surface area contributed by atoms with E-state index in [1.54, 1.807) is 11.8 Å². The number of carbonyl (C=O) groups excluding carboxylic acids is 1. The zero-order valence-corrected chi connectivity index (χ0v) is 13.3. The van der Waals surface area contributed by atoms with Crippen LogP contribution in [0.15, 0.2) is 29.3 Å². The minimum absolute atomic E-state index is 0.224. The van der Waals surface area contributed by atoms with E-state index in [9.17, 15) is 4.79 Å². The van der Waals surface area contributed by atoms with Gasteiger partial charge in [0.2, 0.25) is 0 Å². The van der Waals surface area contributed by atoms with Gasteiger partial charge in [0.1, 0.15) is 5.04 Å². The quantitative estimate of drug-likeness (QED) is 0.926. The summed E-state index contributed by atoms with van der Waals surface area (Å²) >= 11 is 1.64. The fourth-order valence-corrected chi connectivity index (χ4v) is 3.38. The highest BCUT2D eigenvalue weighted by molar-refractivity contribution is 8.13. The van der Waals surface area contributed by atoms with Crippen molar-refractivity contribution in [1.29, 1.82) is 0 Å². The second-order valence-electron chi connectivity index (χ2n) is 5.34. The lowest BCUT2D eigenvalue weighted by Gasteiger charge is -2.24. The van der Waals surface area contributed by atoms with Crippen LogP contribution in [0.25, 0.3) is 0 Å². The van der Waals surface area contributed by atoms with Gasteiger partial charge in [0.15, 0.2) is 0 Å². The van der Waals surface area contributed by atoms with E-state index in [1.807, 2.05) is 33.2 Å². The summed E-state index contributed by atoms with van der Waals surface area (Å²) in [5, 5.41) is 3.82. The molecule has 1 aliphatic rings. The summed E-state index contributed by atoms with van der Waals surface area (Å²) in [6.45, 7) is 4.09. The molecule has 0 spiro atoms. The highest BCUT2D eigenvalue weighted by Crippen LogP contribution is 2.30. The van der Waals surface area contributed by atoms with Crippen molar-refractivity contribution in [3.05, 3.63) is 29.8 Å². The van der Waals surface area contributed by atoms with Crippen LogP contribution < -0.4 is 10.2 Å². The topological polar surface area (TPSA) is 44.7 Å². The standard InChI is InChI=1S/C15H21N3OS/c1-5-15(2)13(16-14(19)17-15)20-10-11-8-6-7-9-12(11)18(3)4/h6-9H,5,10H2,1-4H3,(H,17,19). The molecule has 1 atom stereocenters. The van der Waals surface area contributed by atoms with Crippen molar-refractivity contribution in [2.45, 2.75) is 31.6 Å². The Kier molecular flexibility index (Phi) is 4.38.